The Balaban J connectivity index is 2.12. The second-order valence-electron chi connectivity index (χ2n) is 3.83. The Morgan fingerprint density at radius 3 is 3.31 bits per heavy atom. The number of nitrogens with two attached hydrogens (primary N) is 1. The van der Waals surface area contributed by atoms with Crippen LogP contribution in [0, 0.1) is 0 Å². The molecule has 2 unspecified atom stereocenters. The Labute approximate surface area is 76.6 Å². The zero-order valence-corrected chi connectivity index (χ0v) is 7.33. The number of nitrogens with zero attached hydrogens (tertiary/aromatic N) is 2. The molecule has 1 aromatic heterocycles. The molecule has 0 aliphatic carbocycles. The second-order valence-corrected chi connectivity index (χ2v) is 3.83. The fourth-order valence-electron chi connectivity index (χ4n) is 2.36. The highest BCUT2D eigenvalue weighted by Gasteiger charge is 2.33. The van der Waals surface area contributed by atoms with Crippen LogP contribution < -0.4 is 11.1 Å². The summed E-state index contributed by atoms with van der Waals surface area (Å²) in [6.45, 7) is 0. The highest BCUT2D eigenvalue weighted by Crippen LogP contribution is 2.34. The lowest BCUT2D eigenvalue weighted by Gasteiger charge is -2.22. The van der Waals surface area contributed by atoms with Crippen LogP contribution in [0.3, 0.4) is 0 Å². The predicted molar refractivity (Wildman–Crippen MR) is 49.0 cm³/mol. The van der Waals surface area contributed by atoms with Gasteiger partial charge in [-0.05, 0) is 12.8 Å². The summed E-state index contributed by atoms with van der Waals surface area (Å²) >= 11 is 0. The molecule has 0 saturated carbocycles. The van der Waals surface area contributed by atoms with E-state index >= 15 is 0 Å². The molecule has 4 nitrogen and oxygen atoms in total. The number of hydrogen-bond acceptors (Lipinski definition) is 4. The minimum atomic E-state index is 0.403. The smallest absolute Gasteiger partial charge is 0.220 e. The van der Waals surface area contributed by atoms with E-state index in [0.717, 1.165) is 12.1 Å². The third kappa shape index (κ3) is 1.02. The minimum absolute atomic E-state index is 0.403. The van der Waals surface area contributed by atoms with Crippen molar-refractivity contribution in [1.29, 1.82) is 0 Å². The molecule has 4 heteroatoms. The molecule has 3 rings (SSSR count). The molecule has 2 atom stereocenters. The van der Waals surface area contributed by atoms with E-state index in [1.54, 1.807) is 0 Å². The summed E-state index contributed by atoms with van der Waals surface area (Å²) in [6.07, 6.45) is 5.35. The van der Waals surface area contributed by atoms with Crippen molar-refractivity contribution >= 4 is 5.95 Å². The van der Waals surface area contributed by atoms with Crippen LogP contribution >= 0.6 is 0 Å². The van der Waals surface area contributed by atoms with E-state index < -0.39 is 0 Å². The molecular formula is C9H12N4. The van der Waals surface area contributed by atoms with Gasteiger partial charge in [-0.15, -0.1) is 0 Å². The van der Waals surface area contributed by atoms with Gasteiger partial charge in [-0.2, -0.15) is 0 Å². The van der Waals surface area contributed by atoms with Gasteiger partial charge in [0.2, 0.25) is 5.95 Å². The van der Waals surface area contributed by atoms with Gasteiger partial charge in [0.25, 0.3) is 0 Å². The standard InChI is InChI=1S/C9H12N4/c10-9-11-4-6-7-2-1-5(12-7)3-8(6)13-9/h4-5,7,12H,1-3H2,(H2,10,11,13). The first-order valence-corrected chi connectivity index (χ1v) is 4.70. The highest BCUT2D eigenvalue weighted by atomic mass is 15.1. The van der Waals surface area contributed by atoms with Crippen LogP contribution in [0.15, 0.2) is 6.20 Å². The molecular weight excluding hydrogens is 164 g/mol. The Hall–Kier alpha value is -1.16. The lowest BCUT2D eigenvalue weighted by molar-refractivity contribution is 0.505. The zero-order valence-electron chi connectivity index (χ0n) is 7.33. The lowest BCUT2D eigenvalue weighted by atomic mass is 10.0. The van der Waals surface area contributed by atoms with Crippen LogP contribution in [0.25, 0.3) is 0 Å². The Kier molecular flexibility index (Phi) is 1.35. The van der Waals surface area contributed by atoms with Gasteiger partial charge >= 0.3 is 0 Å². The fraction of sp³-hybridized carbons (Fsp3) is 0.556. The van der Waals surface area contributed by atoms with E-state index in [1.165, 1.54) is 18.4 Å². The zero-order chi connectivity index (χ0) is 8.84. The van der Waals surface area contributed by atoms with Crippen molar-refractivity contribution in [3.05, 3.63) is 17.5 Å². The first-order chi connectivity index (χ1) is 6.33. The summed E-state index contributed by atoms with van der Waals surface area (Å²) in [6, 6.07) is 1.10. The maximum absolute atomic E-state index is 5.55. The van der Waals surface area contributed by atoms with Gasteiger partial charge < -0.3 is 11.1 Å². The number of rotatable bonds is 0. The van der Waals surface area contributed by atoms with Crippen LogP contribution in [0.5, 0.6) is 0 Å². The SMILES string of the molecule is Nc1ncc2c(n1)CC1CCC2N1. The molecule has 0 radical (unpaired) electrons. The van der Waals surface area contributed by atoms with Crippen molar-refractivity contribution in [3.8, 4) is 0 Å². The summed E-state index contributed by atoms with van der Waals surface area (Å²) in [4.78, 5) is 8.32. The molecule has 0 amide bonds. The Morgan fingerprint density at radius 1 is 1.46 bits per heavy atom. The average Bonchev–Trinajstić information content (AvgIpc) is 2.48. The number of nitrogen functional groups attached to an aromatic ring is 1. The maximum atomic E-state index is 5.55. The van der Waals surface area contributed by atoms with Gasteiger partial charge in [-0.1, -0.05) is 0 Å². The summed E-state index contributed by atoms with van der Waals surface area (Å²) in [5.74, 6) is 0.403. The van der Waals surface area contributed by atoms with Gasteiger partial charge in [0.1, 0.15) is 0 Å². The summed E-state index contributed by atoms with van der Waals surface area (Å²) in [5.41, 5.74) is 7.95. The second kappa shape index (κ2) is 2.42. The molecule has 0 spiro atoms. The number of anilines is 1. The van der Waals surface area contributed by atoms with Crippen LogP contribution in [0.2, 0.25) is 0 Å². The molecule has 1 fully saturated rings. The topological polar surface area (TPSA) is 63.8 Å². The molecule has 2 bridgehead atoms. The van der Waals surface area contributed by atoms with Crippen molar-refractivity contribution in [3.63, 3.8) is 0 Å². The lowest BCUT2D eigenvalue weighted by Crippen LogP contribution is -2.32. The molecule has 68 valence electrons. The van der Waals surface area contributed by atoms with E-state index in [9.17, 15) is 0 Å². The third-order valence-electron chi connectivity index (χ3n) is 2.97. The van der Waals surface area contributed by atoms with E-state index in [4.69, 9.17) is 5.73 Å². The summed E-state index contributed by atoms with van der Waals surface area (Å²) in [5, 5.41) is 3.55. The van der Waals surface area contributed by atoms with Crippen LogP contribution in [0.1, 0.15) is 30.1 Å². The highest BCUT2D eigenvalue weighted by molar-refractivity contribution is 5.32. The monoisotopic (exact) mass is 176 g/mol. The normalized spacial score (nSPS) is 30.2. The number of aromatic nitrogens is 2. The third-order valence-corrected chi connectivity index (χ3v) is 2.97. The Morgan fingerprint density at radius 2 is 2.38 bits per heavy atom. The van der Waals surface area contributed by atoms with E-state index in [1.807, 2.05) is 6.20 Å². The van der Waals surface area contributed by atoms with Crippen molar-refractivity contribution in [1.82, 2.24) is 15.3 Å². The Bertz CT molecular complexity index is 349. The molecule has 3 N–H and O–H groups in total. The quantitative estimate of drug-likeness (QED) is 0.601. The van der Waals surface area contributed by atoms with Crippen molar-refractivity contribution in [2.45, 2.75) is 31.3 Å². The molecule has 3 heterocycles. The van der Waals surface area contributed by atoms with Crippen molar-refractivity contribution in [2.75, 3.05) is 5.73 Å². The largest absolute Gasteiger partial charge is 0.368 e. The number of fused-ring (bicyclic) bond motifs is 4. The average molecular weight is 176 g/mol. The molecule has 13 heavy (non-hydrogen) atoms. The number of nitrogens with one attached hydrogen (secondary N) is 1. The van der Waals surface area contributed by atoms with Gasteiger partial charge in [0, 0.05) is 30.3 Å². The van der Waals surface area contributed by atoms with Crippen LogP contribution in [-0.2, 0) is 6.42 Å². The van der Waals surface area contributed by atoms with E-state index in [2.05, 4.69) is 15.3 Å². The first-order valence-electron chi connectivity index (χ1n) is 4.70. The van der Waals surface area contributed by atoms with Crippen LogP contribution in [0.4, 0.5) is 5.95 Å². The van der Waals surface area contributed by atoms with Gasteiger partial charge in [-0.25, -0.2) is 9.97 Å². The molecule has 2 aliphatic heterocycles. The van der Waals surface area contributed by atoms with Crippen LogP contribution in [-0.4, -0.2) is 16.0 Å². The first kappa shape index (κ1) is 7.26. The van der Waals surface area contributed by atoms with Gasteiger partial charge in [0.15, 0.2) is 0 Å². The minimum Gasteiger partial charge on any atom is -0.368 e. The molecule has 1 aromatic rings. The van der Waals surface area contributed by atoms with Crippen molar-refractivity contribution < 1.29 is 0 Å². The molecule has 0 aromatic carbocycles. The molecule has 1 saturated heterocycles. The van der Waals surface area contributed by atoms with Gasteiger partial charge in [-0.3, -0.25) is 0 Å². The van der Waals surface area contributed by atoms with E-state index in [-0.39, 0.29) is 0 Å². The summed E-state index contributed by atoms with van der Waals surface area (Å²) in [7, 11) is 0. The van der Waals surface area contributed by atoms with E-state index in [0.29, 0.717) is 18.0 Å². The fourth-order valence-corrected chi connectivity index (χ4v) is 2.36. The molecule has 2 aliphatic rings. The maximum Gasteiger partial charge on any atom is 0.220 e. The predicted octanol–water partition coefficient (Wildman–Crippen LogP) is 0.408. The van der Waals surface area contributed by atoms with Crippen molar-refractivity contribution in [2.24, 2.45) is 0 Å². The van der Waals surface area contributed by atoms with Gasteiger partial charge in [0.05, 0.1) is 5.69 Å². The summed E-state index contributed by atoms with van der Waals surface area (Å²) < 4.78 is 0. The number of hydrogen-bond donors (Lipinski definition) is 2.